The van der Waals surface area contributed by atoms with E-state index >= 15 is 0 Å². The molecule has 0 fully saturated rings. The number of ether oxygens (including phenoxy) is 1. The molecule has 92 valence electrons. The lowest BCUT2D eigenvalue weighted by Crippen LogP contribution is -2.30. The Kier molecular flexibility index (Phi) is 5.53. The first-order chi connectivity index (χ1) is 8.18. The van der Waals surface area contributed by atoms with E-state index in [9.17, 15) is 9.59 Å². The van der Waals surface area contributed by atoms with Crippen LogP contribution in [0.1, 0.15) is 6.42 Å². The lowest BCUT2D eigenvalue weighted by molar-refractivity contribution is -0.138. The Morgan fingerprint density at radius 3 is 2.59 bits per heavy atom. The van der Waals surface area contributed by atoms with Crippen molar-refractivity contribution < 1.29 is 19.2 Å². The number of hydrogen-bond donors (Lipinski definition) is 2. The Bertz CT molecular complexity index is 367. The third kappa shape index (κ3) is 6.16. The highest BCUT2D eigenvalue weighted by Gasteiger charge is 2.02. The number of nitrogens with two attached hydrogens (primary N) is 1. The van der Waals surface area contributed by atoms with Crippen molar-refractivity contribution in [1.82, 2.24) is 5.48 Å². The van der Waals surface area contributed by atoms with Gasteiger partial charge in [0, 0.05) is 0 Å². The van der Waals surface area contributed by atoms with Gasteiger partial charge in [-0.1, -0.05) is 18.2 Å². The van der Waals surface area contributed by atoms with Gasteiger partial charge in [-0.2, -0.15) is 0 Å². The van der Waals surface area contributed by atoms with Gasteiger partial charge < -0.3 is 10.5 Å². The SMILES string of the molecule is NC(=O)CONC(=O)CCOc1ccccc1. The molecule has 0 unspecified atom stereocenters. The van der Waals surface area contributed by atoms with Crippen LogP contribution in [0.5, 0.6) is 5.75 Å². The van der Waals surface area contributed by atoms with Crippen LogP contribution in [0.2, 0.25) is 0 Å². The van der Waals surface area contributed by atoms with E-state index in [-0.39, 0.29) is 25.5 Å². The number of para-hydroxylation sites is 1. The Labute approximate surface area is 98.7 Å². The summed E-state index contributed by atoms with van der Waals surface area (Å²) in [6.07, 6.45) is 0.133. The van der Waals surface area contributed by atoms with Crippen molar-refractivity contribution >= 4 is 11.8 Å². The van der Waals surface area contributed by atoms with Gasteiger partial charge in [-0.3, -0.25) is 14.4 Å². The van der Waals surface area contributed by atoms with Crippen LogP contribution >= 0.6 is 0 Å². The zero-order chi connectivity index (χ0) is 12.5. The first-order valence-corrected chi connectivity index (χ1v) is 5.05. The van der Waals surface area contributed by atoms with Gasteiger partial charge in [-0.15, -0.1) is 0 Å². The summed E-state index contributed by atoms with van der Waals surface area (Å²) in [5.41, 5.74) is 6.90. The van der Waals surface area contributed by atoms with Gasteiger partial charge in [-0.25, -0.2) is 5.48 Å². The van der Waals surface area contributed by atoms with E-state index in [1.165, 1.54) is 0 Å². The fraction of sp³-hybridized carbons (Fsp3) is 0.273. The summed E-state index contributed by atoms with van der Waals surface area (Å²) in [5, 5.41) is 0. The molecule has 1 aromatic rings. The summed E-state index contributed by atoms with van der Waals surface area (Å²) in [7, 11) is 0. The molecule has 0 atom stereocenters. The summed E-state index contributed by atoms with van der Waals surface area (Å²) in [6, 6.07) is 9.14. The molecule has 0 bridgehead atoms. The lowest BCUT2D eigenvalue weighted by atomic mass is 10.3. The van der Waals surface area contributed by atoms with Crippen LogP contribution in [0, 0.1) is 0 Å². The summed E-state index contributed by atoms with van der Waals surface area (Å²) >= 11 is 0. The number of carbonyl (C=O) groups excluding carboxylic acids is 2. The second-order valence-corrected chi connectivity index (χ2v) is 3.19. The maximum Gasteiger partial charge on any atom is 0.246 e. The van der Waals surface area contributed by atoms with Gasteiger partial charge in [0.2, 0.25) is 11.8 Å². The fourth-order valence-corrected chi connectivity index (χ4v) is 1.02. The van der Waals surface area contributed by atoms with Crippen LogP contribution in [-0.2, 0) is 14.4 Å². The monoisotopic (exact) mass is 238 g/mol. The highest BCUT2D eigenvalue weighted by Crippen LogP contribution is 2.08. The minimum atomic E-state index is -0.647. The van der Waals surface area contributed by atoms with Gasteiger partial charge in [0.1, 0.15) is 5.75 Å². The van der Waals surface area contributed by atoms with E-state index in [1.54, 1.807) is 12.1 Å². The van der Waals surface area contributed by atoms with Crippen molar-refractivity contribution in [3.05, 3.63) is 30.3 Å². The van der Waals surface area contributed by atoms with E-state index in [4.69, 9.17) is 10.5 Å². The number of amides is 2. The largest absolute Gasteiger partial charge is 0.493 e. The molecule has 0 aliphatic heterocycles. The van der Waals surface area contributed by atoms with E-state index in [0.29, 0.717) is 5.75 Å². The van der Waals surface area contributed by atoms with Crippen molar-refractivity contribution in [2.45, 2.75) is 6.42 Å². The zero-order valence-corrected chi connectivity index (χ0v) is 9.22. The van der Waals surface area contributed by atoms with Gasteiger partial charge in [-0.05, 0) is 12.1 Å². The van der Waals surface area contributed by atoms with Crippen LogP contribution in [0.3, 0.4) is 0 Å². The zero-order valence-electron chi connectivity index (χ0n) is 9.22. The second kappa shape index (κ2) is 7.24. The van der Waals surface area contributed by atoms with Crippen molar-refractivity contribution in [2.24, 2.45) is 5.73 Å². The summed E-state index contributed by atoms with van der Waals surface area (Å²) < 4.78 is 5.30. The normalized spacial score (nSPS) is 9.65. The van der Waals surface area contributed by atoms with Crippen molar-refractivity contribution in [2.75, 3.05) is 13.2 Å². The molecule has 0 aromatic heterocycles. The maximum atomic E-state index is 11.1. The molecule has 0 aliphatic carbocycles. The average molecular weight is 238 g/mol. The minimum absolute atomic E-state index is 0.133. The number of benzene rings is 1. The number of rotatable bonds is 7. The molecule has 0 saturated heterocycles. The Hall–Kier alpha value is -2.08. The standard InChI is InChI=1S/C11H14N2O4/c12-10(14)8-17-13-11(15)6-7-16-9-4-2-1-3-5-9/h1-5H,6-8H2,(H2,12,14)(H,13,15). The van der Waals surface area contributed by atoms with Crippen LogP contribution in [-0.4, -0.2) is 25.0 Å². The van der Waals surface area contributed by atoms with Gasteiger partial charge in [0.05, 0.1) is 13.0 Å². The maximum absolute atomic E-state index is 11.1. The molecule has 0 aliphatic rings. The highest BCUT2D eigenvalue weighted by molar-refractivity contribution is 5.76. The van der Waals surface area contributed by atoms with Gasteiger partial charge in [0.15, 0.2) is 6.61 Å². The number of primary amides is 1. The number of hydroxylamine groups is 1. The molecule has 0 spiro atoms. The highest BCUT2D eigenvalue weighted by atomic mass is 16.7. The predicted molar refractivity (Wildman–Crippen MR) is 59.8 cm³/mol. The summed E-state index contributed by atoms with van der Waals surface area (Å²) in [6.45, 7) is -0.110. The van der Waals surface area contributed by atoms with E-state index in [1.807, 2.05) is 18.2 Å². The fourth-order valence-electron chi connectivity index (χ4n) is 1.02. The first-order valence-electron chi connectivity index (χ1n) is 5.05. The van der Waals surface area contributed by atoms with Crippen molar-refractivity contribution in [3.63, 3.8) is 0 Å². The van der Waals surface area contributed by atoms with E-state index < -0.39 is 5.91 Å². The molecule has 6 heteroatoms. The molecule has 6 nitrogen and oxygen atoms in total. The Morgan fingerprint density at radius 2 is 1.94 bits per heavy atom. The molecule has 17 heavy (non-hydrogen) atoms. The first kappa shape index (κ1) is 13.0. The third-order valence-corrected chi connectivity index (χ3v) is 1.74. The molecule has 0 radical (unpaired) electrons. The van der Waals surface area contributed by atoms with E-state index in [0.717, 1.165) is 0 Å². The molecule has 2 amide bonds. The van der Waals surface area contributed by atoms with Crippen molar-refractivity contribution in [3.8, 4) is 5.75 Å². The van der Waals surface area contributed by atoms with Gasteiger partial charge in [0.25, 0.3) is 0 Å². The minimum Gasteiger partial charge on any atom is -0.493 e. The predicted octanol–water partition coefficient (Wildman–Crippen LogP) is -0.0114. The molecular formula is C11H14N2O4. The van der Waals surface area contributed by atoms with E-state index in [2.05, 4.69) is 10.3 Å². The average Bonchev–Trinajstić information content (AvgIpc) is 2.30. The van der Waals surface area contributed by atoms with Crippen LogP contribution in [0.15, 0.2) is 30.3 Å². The van der Waals surface area contributed by atoms with Crippen molar-refractivity contribution in [1.29, 1.82) is 0 Å². The topological polar surface area (TPSA) is 90.7 Å². The molecule has 1 rings (SSSR count). The number of carbonyl (C=O) groups is 2. The molecule has 1 aromatic carbocycles. The smallest absolute Gasteiger partial charge is 0.246 e. The van der Waals surface area contributed by atoms with Crippen LogP contribution in [0.25, 0.3) is 0 Å². The molecule has 3 N–H and O–H groups in total. The molecule has 0 saturated carbocycles. The Balaban J connectivity index is 2.10. The summed E-state index contributed by atoms with van der Waals surface area (Å²) in [5.74, 6) is -0.327. The third-order valence-electron chi connectivity index (χ3n) is 1.74. The number of hydrogen-bond acceptors (Lipinski definition) is 4. The second-order valence-electron chi connectivity index (χ2n) is 3.19. The van der Waals surface area contributed by atoms with Gasteiger partial charge >= 0.3 is 0 Å². The quantitative estimate of drug-likeness (QED) is 0.653. The molecule has 0 heterocycles. The van der Waals surface area contributed by atoms with Crippen LogP contribution in [0.4, 0.5) is 0 Å². The summed E-state index contributed by atoms with van der Waals surface area (Å²) in [4.78, 5) is 26.0. The number of nitrogens with one attached hydrogen (secondary N) is 1. The molecular weight excluding hydrogens is 224 g/mol. The lowest BCUT2D eigenvalue weighted by Gasteiger charge is -2.06. The van der Waals surface area contributed by atoms with Crippen LogP contribution < -0.4 is 16.0 Å². The Morgan fingerprint density at radius 1 is 1.24 bits per heavy atom.